The normalized spacial score (nSPS) is 22.7. The molecule has 7 nitrogen and oxygen atoms in total. The van der Waals surface area contributed by atoms with Crippen LogP contribution >= 0.6 is 0 Å². The molecule has 1 aliphatic carbocycles. The largest absolute Gasteiger partial charge is 0.459 e. The van der Waals surface area contributed by atoms with Crippen molar-refractivity contribution < 1.29 is 23.8 Å². The van der Waals surface area contributed by atoms with Gasteiger partial charge in [-0.2, -0.15) is 0 Å². The van der Waals surface area contributed by atoms with E-state index < -0.39 is 6.04 Å². The summed E-state index contributed by atoms with van der Waals surface area (Å²) in [6, 6.07) is 4.48. The summed E-state index contributed by atoms with van der Waals surface area (Å²) in [7, 11) is 0. The van der Waals surface area contributed by atoms with Crippen molar-refractivity contribution in [2.24, 2.45) is 0 Å². The second-order valence-corrected chi connectivity index (χ2v) is 7.20. The van der Waals surface area contributed by atoms with Crippen molar-refractivity contribution in [2.45, 2.75) is 57.6 Å². The Morgan fingerprint density at radius 1 is 1.11 bits per heavy atom. The second kappa shape index (κ2) is 7.50. The zero-order valence-corrected chi connectivity index (χ0v) is 15.4. The number of carbonyl (C=O) groups is 2. The fourth-order valence-electron chi connectivity index (χ4n) is 3.88. The van der Waals surface area contributed by atoms with Crippen LogP contribution in [0.2, 0.25) is 0 Å². The number of fused-ring (bicyclic) bond motifs is 1. The minimum Gasteiger partial charge on any atom is -0.459 e. The van der Waals surface area contributed by atoms with Gasteiger partial charge < -0.3 is 24.8 Å². The van der Waals surface area contributed by atoms with E-state index in [1.165, 1.54) is 12.8 Å². The first kappa shape index (κ1) is 17.7. The predicted octanol–water partition coefficient (Wildman–Crippen LogP) is 3.31. The van der Waals surface area contributed by atoms with Crippen molar-refractivity contribution >= 4 is 12.0 Å². The molecule has 1 atom stereocenters. The number of ether oxygens (including phenoxy) is 3. The molecule has 7 heteroatoms. The highest BCUT2D eigenvalue weighted by molar-refractivity contribution is 5.95. The third-order valence-corrected chi connectivity index (χ3v) is 5.29. The number of nitrogens with one attached hydrogen (secondary N) is 2. The van der Waals surface area contributed by atoms with Gasteiger partial charge >= 0.3 is 12.0 Å². The lowest BCUT2D eigenvalue weighted by atomic mass is 9.95. The van der Waals surface area contributed by atoms with E-state index in [0.29, 0.717) is 22.8 Å². The van der Waals surface area contributed by atoms with E-state index in [9.17, 15) is 9.59 Å². The third-order valence-electron chi connectivity index (χ3n) is 5.29. The summed E-state index contributed by atoms with van der Waals surface area (Å²) in [6.07, 6.45) is 6.27. The van der Waals surface area contributed by atoms with Gasteiger partial charge in [0.25, 0.3) is 0 Å². The summed E-state index contributed by atoms with van der Waals surface area (Å²) < 4.78 is 16.6. The van der Waals surface area contributed by atoms with E-state index in [1.807, 2.05) is 6.07 Å². The summed E-state index contributed by atoms with van der Waals surface area (Å²) >= 11 is 0. The van der Waals surface area contributed by atoms with Gasteiger partial charge in [-0.25, -0.2) is 9.59 Å². The second-order valence-electron chi connectivity index (χ2n) is 7.20. The highest BCUT2D eigenvalue weighted by Gasteiger charge is 2.34. The fraction of sp³-hybridized carbons (Fsp3) is 0.500. The molecule has 1 aromatic carbocycles. The monoisotopic (exact) mass is 372 g/mol. The number of amides is 2. The molecule has 0 saturated heterocycles. The number of urea groups is 1. The lowest BCUT2D eigenvalue weighted by molar-refractivity contribution is -0.145. The fourth-order valence-corrected chi connectivity index (χ4v) is 3.88. The number of esters is 1. The van der Waals surface area contributed by atoms with Crippen molar-refractivity contribution in [1.82, 2.24) is 10.6 Å². The van der Waals surface area contributed by atoms with Gasteiger partial charge in [0.1, 0.15) is 6.10 Å². The van der Waals surface area contributed by atoms with Crippen LogP contribution in [-0.4, -0.2) is 24.9 Å². The summed E-state index contributed by atoms with van der Waals surface area (Å²) in [4.78, 5) is 25.0. The van der Waals surface area contributed by atoms with E-state index in [4.69, 9.17) is 14.2 Å². The first-order valence-electron chi connectivity index (χ1n) is 9.50. The van der Waals surface area contributed by atoms with Crippen LogP contribution in [0.1, 0.15) is 57.1 Å². The minimum atomic E-state index is -0.591. The molecule has 0 aromatic heterocycles. The SMILES string of the molecule is CC1=C(C(=O)OC2CCCCCC2)[C@H](c2ccc3c(c2)OCO3)NC(=O)N1. The molecule has 0 unspecified atom stereocenters. The number of benzene rings is 1. The van der Waals surface area contributed by atoms with Gasteiger partial charge in [-0.15, -0.1) is 0 Å². The van der Waals surface area contributed by atoms with Crippen molar-refractivity contribution in [1.29, 1.82) is 0 Å². The maximum absolute atomic E-state index is 13.0. The van der Waals surface area contributed by atoms with Crippen molar-refractivity contribution in [3.05, 3.63) is 35.0 Å². The molecule has 2 aliphatic heterocycles. The average molecular weight is 372 g/mol. The average Bonchev–Trinajstić information content (AvgIpc) is 2.96. The van der Waals surface area contributed by atoms with Gasteiger partial charge in [-0.1, -0.05) is 18.9 Å². The standard InChI is InChI=1S/C20H24N2O5/c1-12-17(19(23)27-14-6-4-2-3-5-7-14)18(22-20(24)21-12)13-8-9-15-16(10-13)26-11-25-15/h8-10,14,18H,2-7,11H2,1H3,(H2,21,22,24)/t18-/m0/s1. The predicted molar refractivity (Wildman–Crippen MR) is 97.3 cm³/mol. The van der Waals surface area contributed by atoms with E-state index in [0.717, 1.165) is 31.2 Å². The van der Waals surface area contributed by atoms with Crippen LogP contribution in [0, 0.1) is 0 Å². The Kier molecular flexibility index (Phi) is 4.92. The first-order chi connectivity index (χ1) is 13.1. The molecule has 27 heavy (non-hydrogen) atoms. The molecule has 0 bridgehead atoms. The summed E-state index contributed by atoms with van der Waals surface area (Å²) in [5, 5.41) is 5.51. The van der Waals surface area contributed by atoms with Crippen LogP contribution in [0.15, 0.2) is 29.5 Å². The molecule has 0 spiro atoms. The Morgan fingerprint density at radius 3 is 2.63 bits per heavy atom. The van der Waals surface area contributed by atoms with E-state index in [1.54, 1.807) is 19.1 Å². The molecule has 2 N–H and O–H groups in total. The molecular weight excluding hydrogens is 348 g/mol. The van der Waals surface area contributed by atoms with Crippen LogP contribution in [0.4, 0.5) is 4.79 Å². The van der Waals surface area contributed by atoms with Crippen molar-refractivity contribution in [3.8, 4) is 11.5 Å². The zero-order valence-electron chi connectivity index (χ0n) is 15.4. The maximum Gasteiger partial charge on any atom is 0.338 e. The highest BCUT2D eigenvalue weighted by Crippen LogP contribution is 2.37. The number of hydrogen-bond donors (Lipinski definition) is 2. The molecular formula is C20H24N2O5. The van der Waals surface area contributed by atoms with E-state index in [-0.39, 0.29) is 24.9 Å². The van der Waals surface area contributed by atoms with Crippen LogP contribution in [0.5, 0.6) is 11.5 Å². The first-order valence-corrected chi connectivity index (χ1v) is 9.50. The number of hydrogen-bond acceptors (Lipinski definition) is 5. The van der Waals surface area contributed by atoms with Gasteiger partial charge in [0.05, 0.1) is 11.6 Å². The molecule has 4 rings (SSSR count). The lowest BCUT2D eigenvalue weighted by Gasteiger charge is -2.29. The Bertz CT molecular complexity index is 781. The molecule has 144 valence electrons. The Balaban J connectivity index is 1.60. The molecule has 1 aromatic rings. The summed E-state index contributed by atoms with van der Waals surface area (Å²) in [5.41, 5.74) is 1.69. The topological polar surface area (TPSA) is 85.9 Å². The van der Waals surface area contributed by atoms with Gasteiger partial charge in [0.15, 0.2) is 11.5 Å². The zero-order chi connectivity index (χ0) is 18.8. The van der Waals surface area contributed by atoms with Crippen LogP contribution in [-0.2, 0) is 9.53 Å². The van der Waals surface area contributed by atoms with Gasteiger partial charge in [0.2, 0.25) is 6.79 Å². The molecule has 1 fully saturated rings. The van der Waals surface area contributed by atoms with Gasteiger partial charge in [0, 0.05) is 5.70 Å². The van der Waals surface area contributed by atoms with Crippen molar-refractivity contribution in [3.63, 3.8) is 0 Å². The molecule has 2 heterocycles. The quantitative estimate of drug-likeness (QED) is 0.628. The smallest absolute Gasteiger partial charge is 0.338 e. The maximum atomic E-state index is 13.0. The lowest BCUT2D eigenvalue weighted by Crippen LogP contribution is -2.45. The molecule has 3 aliphatic rings. The Hall–Kier alpha value is -2.70. The minimum absolute atomic E-state index is 0.0599. The summed E-state index contributed by atoms with van der Waals surface area (Å²) in [5.74, 6) is 0.881. The Labute approximate surface area is 158 Å². The molecule has 0 radical (unpaired) electrons. The molecule has 1 saturated carbocycles. The van der Waals surface area contributed by atoms with E-state index in [2.05, 4.69) is 10.6 Å². The van der Waals surface area contributed by atoms with Crippen LogP contribution in [0.25, 0.3) is 0 Å². The number of carbonyl (C=O) groups excluding carboxylic acids is 2. The van der Waals surface area contributed by atoms with Crippen molar-refractivity contribution in [2.75, 3.05) is 6.79 Å². The summed E-state index contributed by atoms with van der Waals surface area (Å²) in [6.45, 7) is 1.89. The molecule has 2 amide bonds. The van der Waals surface area contributed by atoms with Gasteiger partial charge in [-0.3, -0.25) is 0 Å². The van der Waals surface area contributed by atoms with Crippen LogP contribution in [0.3, 0.4) is 0 Å². The number of allylic oxidation sites excluding steroid dienone is 1. The van der Waals surface area contributed by atoms with Crippen LogP contribution < -0.4 is 20.1 Å². The van der Waals surface area contributed by atoms with Gasteiger partial charge in [-0.05, 0) is 50.3 Å². The Morgan fingerprint density at radius 2 is 1.85 bits per heavy atom. The number of rotatable bonds is 3. The highest BCUT2D eigenvalue weighted by atomic mass is 16.7. The van der Waals surface area contributed by atoms with E-state index >= 15 is 0 Å². The third kappa shape index (κ3) is 3.72.